The summed E-state index contributed by atoms with van der Waals surface area (Å²) in [5.41, 5.74) is 2.95. The minimum Gasteiger partial charge on any atom is -0.333 e. The lowest BCUT2D eigenvalue weighted by atomic mass is 10.1. The maximum Gasteiger partial charge on any atom is 0.433 e. The fourth-order valence-corrected chi connectivity index (χ4v) is 1.95. The Morgan fingerprint density at radius 2 is 2.05 bits per heavy atom. The molecule has 2 rings (SSSR count). The number of hydrogen-bond donors (Lipinski definition) is 2. The molecule has 2 heterocycles. The van der Waals surface area contributed by atoms with Gasteiger partial charge in [-0.3, -0.25) is 14.5 Å². The average molecular weight is 291 g/mol. The monoisotopic (exact) mass is 291 g/mol. The van der Waals surface area contributed by atoms with Crippen LogP contribution in [-0.4, -0.2) is 28.7 Å². The number of alkyl halides is 3. The Hall–Kier alpha value is -2.10. The zero-order chi connectivity index (χ0) is 15.1. The van der Waals surface area contributed by atoms with Crippen molar-refractivity contribution < 1.29 is 18.0 Å². The van der Waals surface area contributed by atoms with Gasteiger partial charge in [-0.15, -0.1) is 0 Å². The third kappa shape index (κ3) is 2.46. The van der Waals surface area contributed by atoms with Crippen molar-refractivity contribution in [3.05, 3.63) is 22.1 Å². The first kappa shape index (κ1) is 14.3. The van der Waals surface area contributed by atoms with Gasteiger partial charge >= 0.3 is 6.18 Å². The Morgan fingerprint density at radius 1 is 1.40 bits per heavy atom. The molecule has 1 unspecified atom stereocenters. The van der Waals surface area contributed by atoms with E-state index in [9.17, 15) is 22.8 Å². The molecule has 1 aliphatic heterocycles. The van der Waals surface area contributed by atoms with Gasteiger partial charge in [0.1, 0.15) is 0 Å². The highest BCUT2D eigenvalue weighted by Gasteiger charge is 2.37. The molecule has 110 valence electrons. The fourth-order valence-electron chi connectivity index (χ4n) is 1.95. The second-order valence-corrected chi connectivity index (χ2v) is 4.46. The van der Waals surface area contributed by atoms with E-state index >= 15 is 0 Å². The summed E-state index contributed by atoms with van der Waals surface area (Å²) in [5.74, 6) is 4.18. The molecule has 1 saturated heterocycles. The minimum absolute atomic E-state index is 0.0836. The summed E-state index contributed by atoms with van der Waals surface area (Å²) in [6.07, 6.45) is -4.71. The summed E-state index contributed by atoms with van der Waals surface area (Å²) in [7, 11) is 0. The number of nitrogens with two attached hydrogens (primary N) is 2. The third-order valence-corrected chi connectivity index (χ3v) is 3.00. The lowest BCUT2D eigenvalue weighted by molar-refractivity contribution is -0.141. The van der Waals surface area contributed by atoms with Crippen LogP contribution >= 0.6 is 0 Å². The van der Waals surface area contributed by atoms with Crippen molar-refractivity contribution in [2.24, 2.45) is 11.7 Å². The molecule has 0 aliphatic carbocycles. The van der Waals surface area contributed by atoms with E-state index in [0.717, 1.165) is 4.90 Å². The van der Waals surface area contributed by atoms with Crippen LogP contribution in [0.3, 0.4) is 0 Å². The number of amides is 1. The van der Waals surface area contributed by atoms with Crippen LogP contribution in [0.4, 0.5) is 19.1 Å². The number of aromatic nitrogens is 2. The van der Waals surface area contributed by atoms with Gasteiger partial charge in [0.2, 0.25) is 11.9 Å². The van der Waals surface area contributed by atoms with Crippen LogP contribution in [0.5, 0.6) is 0 Å². The first-order valence-corrected chi connectivity index (χ1v) is 5.71. The first-order valence-electron chi connectivity index (χ1n) is 5.71. The normalized spacial score (nSPS) is 19.7. The summed E-state index contributed by atoms with van der Waals surface area (Å²) >= 11 is 0. The number of carbonyl (C=O) groups is 1. The van der Waals surface area contributed by atoms with E-state index in [1.54, 1.807) is 0 Å². The molecule has 7 nitrogen and oxygen atoms in total. The largest absolute Gasteiger partial charge is 0.433 e. The van der Waals surface area contributed by atoms with E-state index in [4.69, 9.17) is 11.6 Å². The highest BCUT2D eigenvalue weighted by Crippen LogP contribution is 2.29. The predicted octanol–water partition coefficient (Wildman–Crippen LogP) is -0.713. The Balaban J connectivity index is 2.49. The maximum absolute atomic E-state index is 12.6. The zero-order valence-electron chi connectivity index (χ0n) is 10.2. The van der Waals surface area contributed by atoms with Crippen molar-refractivity contribution in [3.8, 4) is 0 Å². The van der Waals surface area contributed by atoms with E-state index < -0.39 is 29.3 Å². The van der Waals surface area contributed by atoms with Gasteiger partial charge in [-0.2, -0.15) is 17.8 Å². The predicted molar refractivity (Wildman–Crippen MR) is 63.2 cm³/mol. The quantitative estimate of drug-likeness (QED) is 0.700. The Bertz CT molecular complexity index is 598. The molecule has 1 fully saturated rings. The van der Waals surface area contributed by atoms with Crippen LogP contribution in [-0.2, 0) is 11.0 Å². The van der Waals surface area contributed by atoms with Gasteiger partial charge in [-0.05, 0) is 12.5 Å². The Kier molecular flexibility index (Phi) is 3.42. The van der Waals surface area contributed by atoms with Gasteiger partial charge in [-0.1, -0.05) is 0 Å². The summed E-state index contributed by atoms with van der Waals surface area (Å²) in [6, 6.07) is 0.282. The minimum atomic E-state index is -4.79. The summed E-state index contributed by atoms with van der Waals surface area (Å²) in [5, 5.41) is 0. The number of rotatable bonds is 2. The Labute approximate surface area is 110 Å². The molecule has 1 amide bonds. The topological polar surface area (TPSA) is 107 Å². The van der Waals surface area contributed by atoms with E-state index in [-0.39, 0.29) is 31.5 Å². The molecule has 0 radical (unpaired) electrons. The van der Waals surface area contributed by atoms with Gasteiger partial charge in [-0.25, -0.2) is 4.98 Å². The lowest BCUT2D eigenvalue weighted by Crippen LogP contribution is -2.38. The summed E-state index contributed by atoms with van der Waals surface area (Å²) in [6.45, 7) is 0.288. The summed E-state index contributed by atoms with van der Waals surface area (Å²) < 4.78 is 38.3. The van der Waals surface area contributed by atoms with Crippen LogP contribution in [0.1, 0.15) is 12.1 Å². The SMILES string of the molecule is NCC1CC(=O)N(c2nc(C(F)(F)F)cc(=O)n2N)C1. The Morgan fingerprint density at radius 3 is 2.55 bits per heavy atom. The zero-order valence-corrected chi connectivity index (χ0v) is 10.2. The van der Waals surface area contributed by atoms with Crippen LogP contribution in [0.25, 0.3) is 0 Å². The number of hydrogen-bond acceptors (Lipinski definition) is 5. The molecular weight excluding hydrogens is 279 g/mol. The van der Waals surface area contributed by atoms with Gasteiger partial charge < -0.3 is 11.6 Å². The van der Waals surface area contributed by atoms with Crippen molar-refractivity contribution in [2.45, 2.75) is 12.6 Å². The van der Waals surface area contributed by atoms with E-state index in [2.05, 4.69) is 4.98 Å². The fraction of sp³-hybridized carbons (Fsp3) is 0.500. The van der Waals surface area contributed by atoms with E-state index in [1.165, 1.54) is 0 Å². The van der Waals surface area contributed by atoms with E-state index in [0.29, 0.717) is 4.68 Å². The van der Waals surface area contributed by atoms with Crippen molar-refractivity contribution in [2.75, 3.05) is 23.8 Å². The summed E-state index contributed by atoms with van der Waals surface area (Å²) in [4.78, 5) is 27.4. The number of nitrogen functional groups attached to an aromatic ring is 1. The van der Waals surface area contributed by atoms with Crippen molar-refractivity contribution >= 4 is 11.9 Å². The first-order chi connectivity index (χ1) is 9.24. The van der Waals surface area contributed by atoms with Crippen LogP contribution in [0.15, 0.2) is 10.9 Å². The van der Waals surface area contributed by atoms with Gasteiger partial charge in [0.15, 0.2) is 5.69 Å². The molecule has 1 aromatic heterocycles. The molecule has 20 heavy (non-hydrogen) atoms. The van der Waals surface area contributed by atoms with Crippen LogP contribution < -0.4 is 22.0 Å². The van der Waals surface area contributed by atoms with Crippen molar-refractivity contribution in [3.63, 3.8) is 0 Å². The van der Waals surface area contributed by atoms with Crippen molar-refractivity contribution in [1.29, 1.82) is 0 Å². The molecule has 1 aliphatic rings. The second-order valence-electron chi connectivity index (χ2n) is 4.46. The average Bonchev–Trinajstić information content (AvgIpc) is 2.72. The second kappa shape index (κ2) is 4.78. The molecule has 0 saturated carbocycles. The van der Waals surface area contributed by atoms with Crippen molar-refractivity contribution in [1.82, 2.24) is 9.66 Å². The molecule has 0 bridgehead atoms. The van der Waals surface area contributed by atoms with Crippen LogP contribution in [0, 0.1) is 5.92 Å². The molecular formula is C10H12F3N5O2. The molecule has 0 aromatic carbocycles. The molecule has 4 N–H and O–H groups in total. The standard InChI is InChI=1S/C10H12F3N5O2/c11-10(12,13)6-2-8(20)18(15)9(16-6)17-4-5(3-14)1-7(17)19/h2,5H,1,3-4,14-15H2. The highest BCUT2D eigenvalue weighted by molar-refractivity contribution is 5.94. The molecule has 1 aromatic rings. The number of anilines is 1. The van der Waals surface area contributed by atoms with Gasteiger partial charge in [0.25, 0.3) is 5.56 Å². The lowest BCUT2D eigenvalue weighted by Gasteiger charge is -2.19. The smallest absolute Gasteiger partial charge is 0.333 e. The van der Waals surface area contributed by atoms with E-state index in [1.807, 2.05) is 0 Å². The van der Waals surface area contributed by atoms with Gasteiger partial charge in [0.05, 0.1) is 0 Å². The van der Waals surface area contributed by atoms with Crippen LogP contribution in [0.2, 0.25) is 0 Å². The molecule has 0 spiro atoms. The number of nitrogens with zero attached hydrogens (tertiary/aromatic N) is 3. The number of carbonyl (C=O) groups excluding carboxylic acids is 1. The molecule has 1 atom stereocenters. The van der Waals surface area contributed by atoms with Gasteiger partial charge in [0, 0.05) is 19.0 Å². The maximum atomic E-state index is 12.6. The number of halogens is 3. The molecule has 10 heteroatoms. The highest BCUT2D eigenvalue weighted by atomic mass is 19.4. The third-order valence-electron chi connectivity index (χ3n) is 3.00.